The molecule has 0 spiro atoms. The van der Waals surface area contributed by atoms with Crippen LogP contribution >= 0.6 is 0 Å². The topological polar surface area (TPSA) is 118 Å². The predicted octanol–water partition coefficient (Wildman–Crippen LogP) is 1.43. The third kappa shape index (κ3) is 3.86. The first-order valence-corrected chi connectivity index (χ1v) is 10.7. The second-order valence-corrected chi connectivity index (χ2v) is 7.96. The van der Waals surface area contributed by atoms with Gasteiger partial charge in [-0.25, -0.2) is 4.79 Å². The molecule has 0 bridgehead atoms. The van der Waals surface area contributed by atoms with Crippen LogP contribution in [0.3, 0.4) is 0 Å². The lowest BCUT2D eigenvalue weighted by Crippen LogP contribution is -2.34. The number of benzene rings is 1. The quantitative estimate of drug-likeness (QED) is 0.620. The molecule has 0 aliphatic carbocycles. The SMILES string of the molecule is CCCCn1c(O)c(C=NC[C@H]2c3c(cc4c(c3OC)OCO4)CCN2C)c(=O)[nH]c1=O. The molecule has 0 amide bonds. The van der Waals surface area contributed by atoms with E-state index in [1.807, 2.05) is 20.0 Å². The third-order valence-electron chi connectivity index (χ3n) is 5.99. The van der Waals surface area contributed by atoms with E-state index in [0.717, 1.165) is 35.1 Å². The monoisotopic (exact) mass is 444 g/mol. The molecular weight excluding hydrogens is 416 g/mol. The fourth-order valence-corrected chi connectivity index (χ4v) is 4.21. The third-order valence-corrected chi connectivity index (χ3v) is 5.99. The summed E-state index contributed by atoms with van der Waals surface area (Å²) < 4.78 is 18.0. The molecule has 1 aromatic heterocycles. The second-order valence-electron chi connectivity index (χ2n) is 7.96. The van der Waals surface area contributed by atoms with Crippen molar-refractivity contribution in [3.8, 4) is 23.1 Å². The molecule has 2 aromatic rings. The van der Waals surface area contributed by atoms with Crippen LogP contribution in [0, 0.1) is 0 Å². The molecule has 10 nitrogen and oxygen atoms in total. The summed E-state index contributed by atoms with van der Waals surface area (Å²) in [6.45, 7) is 3.61. The number of aliphatic imine (C=N–C) groups is 1. The van der Waals surface area contributed by atoms with Crippen molar-refractivity contribution in [2.75, 3.05) is 34.0 Å². The average Bonchev–Trinajstić information content (AvgIpc) is 3.24. The molecular formula is C22H28N4O6. The Hall–Kier alpha value is -3.27. The average molecular weight is 444 g/mol. The number of aromatic hydroxyl groups is 1. The number of aromatic nitrogens is 2. The van der Waals surface area contributed by atoms with Gasteiger partial charge in [0.1, 0.15) is 5.56 Å². The summed E-state index contributed by atoms with van der Waals surface area (Å²) in [6.07, 6.45) is 3.72. The largest absolute Gasteiger partial charge is 0.494 e. The van der Waals surface area contributed by atoms with Gasteiger partial charge in [0.2, 0.25) is 18.4 Å². The van der Waals surface area contributed by atoms with Crippen LogP contribution in [0.2, 0.25) is 0 Å². The number of unbranched alkanes of at least 4 members (excludes halogenated alkanes) is 1. The van der Waals surface area contributed by atoms with Crippen molar-refractivity contribution in [2.45, 2.75) is 38.8 Å². The highest BCUT2D eigenvalue weighted by Crippen LogP contribution is 2.49. The van der Waals surface area contributed by atoms with E-state index in [4.69, 9.17) is 14.2 Å². The summed E-state index contributed by atoms with van der Waals surface area (Å²) in [7, 11) is 3.60. The molecule has 0 fully saturated rings. The Morgan fingerprint density at radius 3 is 2.94 bits per heavy atom. The first-order chi connectivity index (χ1) is 15.5. The molecule has 2 aliphatic rings. The number of H-pyrrole nitrogens is 1. The fraction of sp³-hybridized carbons (Fsp3) is 0.500. The minimum atomic E-state index is -0.664. The number of methoxy groups -OCH3 is 1. The molecule has 3 heterocycles. The maximum Gasteiger partial charge on any atom is 0.331 e. The van der Waals surface area contributed by atoms with Crippen LogP contribution in [0.4, 0.5) is 0 Å². The molecule has 0 unspecified atom stereocenters. The van der Waals surface area contributed by atoms with Gasteiger partial charge in [-0.15, -0.1) is 0 Å². The Morgan fingerprint density at radius 1 is 1.38 bits per heavy atom. The smallest absolute Gasteiger partial charge is 0.331 e. The van der Waals surface area contributed by atoms with Crippen LogP contribution in [0.1, 0.15) is 42.5 Å². The Balaban J connectivity index is 1.66. The van der Waals surface area contributed by atoms with Crippen molar-refractivity contribution in [1.29, 1.82) is 0 Å². The highest BCUT2D eigenvalue weighted by molar-refractivity contribution is 5.81. The second kappa shape index (κ2) is 9.07. The molecule has 1 aromatic carbocycles. The van der Waals surface area contributed by atoms with Gasteiger partial charge in [0, 0.05) is 24.9 Å². The van der Waals surface area contributed by atoms with Gasteiger partial charge in [0.25, 0.3) is 5.56 Å². The maximum atomic E-state index is 12.3. The standard InChI is InChI=1S/C22H28N4O6/c1-4-5-7-26-21(28)14(20(27)24-22(26)29)10-23-11-15-17-13(6-8-25(15)2)9-16-18(19(17)30-3)32-12-31-16/h9-10,15,28H,4-8,11-12H2,1-3H3,(H,24,27,29)/t15-/m0/s1. The molecule has 2 aliphatic heterocycles. The van der Waals surface area contributed by atoms with E-state index in [-0.39, 0.29) is 24.3 Å². The van der Waals surface area contributed by atoms with Crippen molar-refractivity contribution >= 4 is 6.21 Å². The van der Waals surface area contributed by atoms with Crippen LogP contribution in [-0.2, 0) is 13.0 Å². The molecule has 0 radical (unpaired) electrons. The normalized spacial score (nSPS) is 17.7. The van der Waals surface area contributed by atoms with E-state index in [2.05, 4.69) is 14.9 Å². The lowest BCUT2D eigenvalue weighted by Gasteiger charge is -2.35. The van der Waals surface area contributed by atoms with Gasteiger partial charge in [-0.2, -0.15) is 0 Å². The van der Waals surface area contributed by atoms with Crippen LogP contribution in [0.15, 0.2) is 20.6 Å². The van der Waals surface area contributed by atoms with Crippen LogP contribution in [-0.4, -0.2) is 59.8 Å². The molecule has 1 atom stereocenters. The first kappa shape index (κ1) is 21.9. The first-order valence-electron chi connectivity index (χ1n) is 10.7. The number of nitrogens with one attached hydrogen (secondary N) is 1. The Kier molecular flexibility index (Phi) is 6.22. The molecule has 32 heavy (non-hydrogen) atoms. The molecule has 0 saturated heterocycles. The number of fused-ring (bicyclic) bond motifs is 2. The van der Waals surface area contributed by atoms with Gasteiger partial charge in [-0.3, -0.25) is 24.2 Å². The van der Waals surface area contributed by atoms with Gasteiger partial charge < -0.3 is 19.3 Å². The summed E-state index contributed by atoms with van der Waals surface area (Å²) in [5, 5.41) is 10.5. The number of ether oxygens (including phenoxy) is 3. The number of aromatic amines is 1. The van der Waals surface area contributed by atoms with Crippen molar-refractivity contribution in [1.82, 2.24) is 14.5 Å². The predicted molar refractivity (Wildman–Crippen MR) is 119 cm³/mol. The highest BCUT2D eigenvalue weighted by atomic mass is 16.7. The van der Waals surface area contributed by atoms with Gasteiger partial charge in [0.15, 0.2) is 11.5 Å². The Labute approximate surface area is 185 Å². The summed E-state index contributed by atoms with van der Waals surface area (Å²) >= 11 is 0. The number of nitrogens with zero attached hydrogens (tertiary/aromatic N) is 3. The summed E-state index contributed by atoms with van der Waals surface area (Å²) in [5.41, 5.74) is 0.770. The number of rotatable bonds is 7. The van der Waals surface area contributed by atoms with Gasteiger partial charge in [-0.1, -0.05) is 13.3 Å². The molecule has 10 heteroatoms. The highest BCUT2D eigenvalue weighted by Gasteiger charge is 2.33. The zero-order chi connectivity index (χ0) is 22.8. The van der Waals surface area contributed by atoms with Gasteiger partial charge in [-0.05, 0) is 31.5 Å². The van der Waals surface area contributed by atoms with Crippen molar-refractivity contribution < 1.29 is 19.3 Å². The molecule has 4 rings (SSSR count). The lowest BCUT2D eigenvalue weighted by molar-refractivity contribution is 0.170. The van der Waals surface area contributed by atoms with Gasteiger partial charge in [0.05, 0.1) is 19.7 Å². The van der Waals surface area contributed by atoms with Crippen LogP contribution < -0.4 is 25.5 Å². The minimum absolute atomic E-state index is 0.0305. The number of hydrogen-bond donors (Lipinski definition) is 2. The molecule has 0 saturated carbocycles. The summed E-state index contributed by atoms with van der Waals surface area (Å²) in [4.78, 5) is 33.2. The number of hydrogen-bond acceptors (Lipinski definition) is 8. The lowest BCUT2D eigenvalue weighted by atomic mass is 9.91. The zero-order valence-electron chi connectivity index (χ0n) is 18.5. The number of likely N-dealkylation sites (N-methyl/N-ethyl adjacent to an activating group) is 1. The maximum absolute atomic E-state index is 12.3. The van der Waals surface area contributed by atoms with E-state index < -0.39 is 11.2 Å². The summed E-state index contributed by atoms with van der Waals surface area (Å²) in [6, 6.07) is 1.87. The molecule has 2 N–H and O–H groups in total. The van der Waals surface area contributed by atoms with Gasteiger partial charge >= 0.3 is 5.69 Å². The Morgan fingerprint density at radius 2 is 2.19 bits per heavy atom. The van der Waals surface area contributed by atoms with Crippen molar-refractivity contribution in [2.24, 2.45) is 4.99 Å². The molecule has 172 valence electrons. The Bertz CT molecular complexity index is 1150. The van der Waals surface area contributed by atoms with Crippen LogP contribution in [0.25, 0.3) is 0 Å². The summed E-state index contributed by atoms with van der Waals surface area (Å²) in [5.74, 6) is 1.54. The minimum Gasteiger partial charge on any atom is -0.494 e. The van der Waals surface area contributed by atoms with Crippen LogP contribution in [0.5, 0.6) is 23.1 Å². The van der Waals surface area contributed by atoms with E-state index >= 15 is 0 Å². The fourth-order valence-electron chi connectivity index (χ4n) is 4.21. The van der Waals surface area contributed by atoms with E-state index in [1.165, 1.54) is 6.21 Å². The van der Waals surface area contributed by atoms with E-state index in [1.54, 1.807) is 7.11 Å². The van der Waals surface area contributed by atoms with Crippen molar-refractivity contribution in [3.05, 3.63) is 43.6 Å². The van der Waals surface area contributed by atoms with Crippen molar-refractivity contribution in [3.63, 3.8) is 0 Å². The van der Waals surface area contributed by atoms with E-state index in [9.17, 15) is 14.7 Å². The zero-order valence-corrected chi connectivity index (χ0v) is 18.5. The van der Waals surface area contributed by atoms with E-state index in [0.29, 0.717) is 36.8 Å².